The zero-order chi connectivity index (χ0) is 14.5. The van der Waals surface area contributed by atoms with E-state index in [1.807, 2.05) is 13.2 Å². The molecule has 0 aromatic carbocycles. The Kier molecular flexibility index (Phi) is 5.38. The number of nitrogens with one attached hydrogen (secondary N) is 1. The first kappa shape index (κ1) is 15.3. The fourth-order valence-electron chi connectivity index (χ4n) is 3.00. The van der Waals surface area contributed by atoms with Crippen LogP contribution in [0.25, 0.3) is 0 Å². The zero-order valence-electron chi connectivity index (χ0n) is 13.3. The van der Waals surface area contributed by atoms with Gasteiger partial charge in [0, 0.05) is 25.2 Å². The second-order valence-electron chi connectivity index (χ2n) is 5.56. The van der Waals surface area contributed by atoms with Gasteiger partial charge in [-0.15, -0.1) is 0 Å². The fourth-order valence-corrected chi connectivity index (χ4v) is 3.00. The van der Waals surface area contributed by atoms with Gasteiger partial charge < -0.3 is 10.2 Å². The van der Waals surface area contributed by atoms with Gasteiger partial charge in [-0.2, -0.15) is 0 Å². The van der Waals surface area contributed by atoms with Gasteiger partial charge in [-0.3, -0.25) is 9.88 Å². The molecule has 1 aliphatic heterocycles. The van der Waals surface area contributed by atoms with Crippen molar-refractivity contribution in [3.63, 3.8) is 0 Å². The smallest absolute Gasteiger partial charge is 0.0571 e. The molecule has 4 heteroatoms. The standard InChI is InChI=1S/C16H28N4/c1-5-19(6-2)15-9-10-20(12-15)14-7-8-16(18-11-14)13(3)17-4/h7-8,11,13,15,17H,5-6,9-10,12H2,1-4H3. The van der Waals surface area contributed by atoms with E-state index in [2.05, 4.69) is 53.0 Å². The van der Waals surface area contributed by atoms with Crippen LogP contribution in [-0.2, 0) is 0 Å². The van der Waals surface area contributed by atoms with E-state index in [1.165, 1.54) is 12.1 Å². The Hall–Kier alpha value is -1.13. The molecule has 1 N–H and O–H groups in total. The maximum Gasteiger partial charge on any atom is 0.0571 e. The molecule has 1 saturated heterocycles. The van der Waals surface area contributed by atoms with Crippen LogP contribution in [-0.4, -0.2) is 49.2 Å². The molecule has 1 fully saturated rings. The van der Waals surface area contributed by atoms with Crippen LogP contribution in [0.1, 0.15) is 38.9 Å². The van der Waals surface area contributed by atoms with Crippen molar-refractivity contribution in [3.05, 3.63) is 24.0 Å². The summed E-state index contributed by atoms with van der Waals surface area (Å²) in [6, 6.07) is 5.36. The molecule has 0 bridgehead atoms. The van der Waals surface area contributed by atoms with Crippen molar-refractivity contribution in [2.45, 2.75) is 39.3 Å². The number of anilines is 1. The van der Waals surface area contributed by atoms with Crippen molar-refractivity contribution in [2.75, 3.05) is 38.1 Å². The number of hydrogen-bond donors (Lipinski definition) is 1. The zero-order valence-corrected chi connectivity index (χ0v) is 13.3. The van der Waals surface area contributed by atoms with E-state index < -0.39 is 0 Å². The van der Waals surface area contributed by atoms with Crippen LogP contribution in [0, 0.1) is 0 Å². The van der Waals surface area contributed by atoms with Gasteiger partial charge >= 0.3 is 0 Å². The molecule has 4 nitrogen and oxygen atoms in total. The average molecular weight is 276 g/mol. The van der Waals surface area contributed by atoms with Crippen molar-refractivity contribution < 1.29 is 0 Å². The van der Waals surface area contributed by atoms with Crippen molar-refractivity contribution in [1.29, 1.82) is 0 Å². The Morgan fingerprint density at radius 3 is 2.70 bits per heavy atom. The first-order chi connectivity index (χ1) is 9.69. The highest BCUT2D eigenvalue weighted by molar-refractivity contribution is 5.46. The third-order valence-corrected chi connectivity index (χ3v) is 4.50. The minimum absolute atomic E-state index is 0.311. The van der Waals surface area contributed by atoms with E-state index in [1.54, 1.807) is 0 Å². The van der Waals surface area contributed by atoms with E-state index in [9.17, 15) is 0 Å². The lowest BCUT2D eigenvalue weighted by molar-refractivity contribution is 0.232. The second kappa shape index (κ2) is 7.04. The van der Waals surface area contributed by atoms with Crippen LogP contribution < -0.4 is 10.2 Å². The topological polar surface area (TPSA) is 31.4 Å². The minimum Gasteiger partial charge on any atom is -0.369 e. The van der Waals surface area contributed by atoms with Crippen LogP contribution in [0.4, 0.5) is 5.69 Å². The molecule has 2 rings (SSSR count). The second-order valence-corrected chi connectivity index (χ2v) is 5.56. The Labute approximate surface area is 123 Å². The summed E-state index contributed by atoms with van der Waals surface area (Å²) in [5, 5.41) is 3.22. The van der Waals surface area contributed by atoms with Gasteiger partial charge in [0.25, 0.3) is 0 Å². The molecule has 1 aromatic heterocycles. The van der Waals surface area contributed by atoms with Gasteiger partial charge in [-0.25, -0.2) is 0 Å². The molecule has 112 valence electrons. The fraction of sp³-hybridized carbons (Fsp3) is 0.688. The lowest BCUT2D eigenvalue weighted by atomic mass is 10.2. The molecule has 2 atom stereocenters. The molecule has 20 heavy (non-hydrogen) atoms. The summed E-state index contributed by atoms with van der Waals surface area (Å²) >= 11 is 0. The summed E-state index contributed by atoms with van der Waals surface area (Å²) in [7, 11) is 1.97. The number of nitrogens with zero attached hydrogens (tertiary/aromatic N) is 3. The van der Waals surface area contributed by atoms with E-state index in [0.717, 1.165) is 31.9 Å². The van der Waals surface area contributed by atoms with Gasteiger partial charge in [0.2, 0.25) is 0 Å². The monoisotopic (exact) mass is 276 g/mol. The number of pyridine rings is 1. The van der Waals surface area contributed by atoms with Crippen LogP contribution in [0.5, 0.6) is 0 Å². The van der Waals surface area contributed by atoms with Gasteiger partial charge in [0.1, 0.15) is 0 Å². The molecule has 2 unspecified atom stereocenters. The Bertz CT molecular complexity index is 399. The van der Waals surface area contributed by atoms with Crippen molar-refractivity contribution in [1.82, 2.24) is 15.2 Å². The summed E-state index contributed by atoms with van der Waals surface area (Å²) in [5.74, 6) is 0. The summed E-state index contributed by atoms with van der Waals surface area (Å²) in [4.78, 5) is 9.61. The molecule has 1 aromatic rings. The first-order valence-corrected chi connectivity index (χ1v) is 7.81. The first-order valence-electron chi connectivity index (χ1n) is 7.81. The van der Waals surface area contributed by atoms with Crippen molar-refractivity contribution in [3.8, 4) is 0 Å². The summed E-state index contributed by atoms with van der Waals surface area (Å²) in [6.07, 6.45) is 3.28. The van der Waals surface area contributed by atoms with E-state index in [0.29, 0.717) is 12.1 Å². The minimum atomic E-state index is 0.311. The molecule has 0 radical (unpaired) electrons. The van der Waals surface area contributed by atoms with Crippen molar-refractivity contribution in [2.24, 2.45) is 0 Å². The molecule has 0 saturated carbocycles. The number of likely N-dealkylation sites (N-methyl/N-ethyl adjacent to an activating group) is 1. The van der Waals surface area contributed by atoms with Crippen LogP contribution in [0.3, 0.4) is 0 Å². The maximum absolute atomic E-state index is 4.59. The largest absolute Gasteiger partial charge is 0.369 e. The summed E-state index contributed by atoms with van der Waals surface area (Å²) in [6.45, 7) is 11.2. The third-order valence-electron chi connectivity index (χ3n) is 4.50. The molecule has 2 heterocycles. The Morgan fingerprint density at radius 2 is 2.15 bits per heavy atom. The molecule has 0 amide bonds. The lowest BCUT2D eigenvalue weighted by Crippen LogP contribution is -2.37. The lowest BCUT2D eigenvalue weighted by Gasteiger charge is -2.26. The number of hydrogen-bond acceptors (Lipinski definition) is 4. The van der Waals surface area contributed by atoms with E-state index >= 15 is 0 Å². The predicted octanol–water partition coefficient (Wildman–Crippen LogP) is 2.28. The molecular weight excluding hydrogens is 248 g/mol. The normalized spacial score (nSPS) is 20.6. The third kappa shape index (κ3) is 3.30. The van der Waals surface area contributed by atoms with E-state index in [4.69, 9.17) is 0 Å². The SMILES string of the molecule is CCN(CC)C1CCN(c2ccc(C(C)NC)nc2)C1. The average Bonchev–Trinajstić information content (AvgIpc) is 2.97. The van der Waals surface area contributed by atoms with Gasteiger partial charge in [0.05, 0.1) is 17.6 Å². The highest BCUT2D eigenvalue weighted by Crippen LogP contribution is 2.23. The Balaban J connectivity index is 1.99. The Morgan fingerprint density at radius 1 is 1.40 bits per heavy atom. The van der Waals surface area contributed by atoms with Crippen molar-refractivity contribution >= 4 is 5.69 Å². The predicted molar refractivity (Wildman–Crippen MR) is 85.3 cm³/mol. The summed E-state index contributed by atoms with van der Waals surface area (Å²) < 4.78 is 0. The maximum atomic E-state index is 4.59. The number of aromatic nitrogens is 1. The highest BCUT2D eigenvalue weighted by atomic mass is 15.3. The highest BCUT2D eigenvalue weighted by Gasteiger charge is 2.26. The quantitative estimate of drug-likeness (QED) is 0.864. The number of rotatable bonds is 6. The molecular formula is C16H28N4. The summed E-state index contributed by atoms with van der Waals surface area (Å²) in [5.41, 5.74) is 2.36. The van der Waals surface area contributed by atoms with E-state index in [-0.39, 0.29) is 0 Å². The van der Waals surface area contributed by atoms with Crippen LogP contribution >= 0.6 is 0 Å². The van der Waals surface area contributed by atoms with Gasteiger partial charge in [-0.1, -0.05) is 13.8 Å². The van der Waals surface area contributed by atoms with Crippen LogP contribution in [0.2, 0.25) is 0 Å². The molecule has 0 spiro atoms. The van der Waals surface area contributed by atoms with Gasteiger partial charge in [0.15, 0.2) is 0 Å². The van der Waals surface area contributed by atoms with Crippen LogP contribution in [0.15, 0.2) is 18.3 Å². The molecule has 0 aliphatic carbocycles. The molecule has 1 aliphatic rings. The van der Waals surface area contributed by atoms with Gasteiger partial charge in [-0.05, 0) is 45.6 Å².